The van der Waals surface area contributed by atoms with Gasteiger partial charge in [-0.1, -0.05) is 6.92 Å². The molecule has 0 aromatic rings. The van der Waals surface area contributed by atoms with Gasteiger partial charge in [-0.2, -0.15) is 0 Å². The van der Waals surface area contributed by atoms with E-state index in [1.807, 2.05) is 13.8 Å². The van der Waals surface area contributed by atoms with E-state index in [1.165, 1.54) is 0 Å². The Kier molecular flexibility index (Phi) is 3.06. The van der Waals surface area contributed by atoms with Gasteiger partial charge in [-0.05, 0) is 6.92 Å². The summed E-state index contributed by atoms with van der Waals surface area (Å²) >= 11 is 0. The fourth-order valence-electron chi connectivity index (χ4n) is 1.45. The Morgan fingerprint density at radius 1 is 1.42 bits per heavy atom. The zero-order chi connectivity index (χ0) is 9.30. The van der Waals surface area contributed by atoms with Gasteiger partial charge in [0.25, 0.3) is 0 Å². The van der Waals surface area contributed by atoms with Gasteiger partial charge >= 0.3 is 0 Å². The first-order valence-corrected chi connectivity index (χ1v) is 4.20. The molecule has 1 fully saturated rings. The van der Waals surface area contributed by atoms with Gasteiger partial charge in [-0.3, -0.25) is 0 Å². The highest BCUT2D eigenvalue weighted by molar-refractivity contribution is 4.89. The summed E-state index contributed by atoms with van der Waals surface area (Å²) in [5, 5.41) is 27.4. The van der Waals surface area contributed by atoms with Gasteiger partial charge in [0.15, 0.2) is 0 Å². The first-order chi connectivity index (χ1) is 5.57. The summed E-state index contributed by atoms with van der Waals surface area (Å²) in [7, 11) is 0. The lowest BCUT2D eigenvalue weighted by Gasteiger charge is -2.19. The highest BCUT2D eigenvalue weighted by Crippen LogP contribution is 2.28. The van der Waals surface area contributed by atoms with E-state index in [0.717, 1.165) is 0 Å². The minimum atomic E-state index is -0.979. The molecule has 1 saturated heterocycles. The monoisotopic (exact) mass is 176 g/mol. The molecule has 1 rings (SSSR count). The van der Waals surface area contributed by atoms with Crippen molar-refractivity contribution in [3.8, 4) is 0 Å². The van der Waals surface area contributed by atoms with Gasteiger partial charge < -0.3 is 20.1 Å². The molecule has 1 heterocycles. The minimum Gasteiger partial charge on any atom is -0.394 e. The van der Waals surface area contributed by atoms with E-state index in [0.29, 0.717) is 0 Å². The first-order valence-electron chi connectivity index (χ1n) is 4.20. The second-order valence-corrected chi connectivity index (χ2v) is 3.41. The fourth-order valence-corrected chi connectivity index (χ4v) is 1.45. The molecule has 0 aliphatic carbocycles. The first kappa shape index (κ1) is 9.92. The molecule has 12 heavy (non-hydrogen) atoms. The Labute approximate surface area is 71.8 Å². The Morgan fingerprint density at radius 3 is 2.33 bits per heavy atom. The number of hydrogen-bond acceptors (Lipinski definition) is 4. The molecule has 0 radical (unpaired) electrons. The lowest BCUT2D eigenvalue weighted by molar-refractivity contribution is -0.0784. The lowest BCUT2D eigenvalue weighted by atomic mass is 9.97. The van der Waals surface area contributed by atoms with E-state index < -0.39 is 18.3 Å². The van der Waals surface area contributed by atoms with E-state index in [-0.39, 0.29) is 18.6 Å². The molecule has 0 aromatic carbocycles. The van der Waals surface area contributed by atoms with Crippen LogP contribution in [0.25, 0.3) is 0 Å². The van der Waals surface area contributed by atoms with Crippen LogP contribution in [0.4, 0.5) is 0 Å². The predicted octanol–water partition coefficient (Wildman–Crippen LogP) is -0.876. The van der Waals surface area contributed by atoms with E-state index in [2.05, 4.69) is 0 Å². The molecule has 72 valence electrons. The van der Waals surface area contributed by atoms with Crippen molar-refractivity contribution in [2.75, 3.05) is 6.61 Å². The molecule has 0 saturated carbocycles. The third-order valence-corrected chi connectivity index (χ3v) is 2.55. The molecule has 0 aromatic heterocycles. The normalized spacial score (nSPS) is 44.8. The van der Waals surface area contributed by atoms with Crippen molar-refractivity contribution >= 4 is 0 Å². The quantitative estimate of drug-likeness (QED) is 0.511. The van der Waals surface area contributed by atoms with Gasteiger partial charge in [-0.25, -0.2) is 0 Å². The molecular formula is C8H16O4. The molecule has 1 aliphatic heterocycles. The second kappa shape index (κ2) is 3.70. The van der Waals surface area contributed by atoms with Crippen LogP contribution in [0.2, 0.25) is 0 Å². The Hall–Kier alpha value is -0.160. The van der Waals surface area contributed by atoms with Crippen molar-refractivity contribution in [2.24, 2.45) is 5.92 Å². The number of aliphatic hydroxyl groups is 3. The lowest BCUT2D eigenvalue weighted by Crippen LogP contribution is -2.38. The average Bonchev–Trinajstić information content (AvgIpc) is 2.32. The van der Waals surface area contributed by atoms with Gasteiger partial charge in [0.1, 0.15) is 12.2 Å². The number of hydrogen-bond donors (Lipinski definition) is 3. The topological polar surface area (TPSA) is 69.9 Å². The maximum Gasteiger partial charge on any atom is 0.112 e. The van der Waals surface area contributed by atoms with Crippen molar-refractivity contribution < 1.29 is 20.1 Å². The average molecular weight is 176 g/mol. The third kappa shape index (κ3) is 1.61. The molecular weight excluding hydrogens is 160 g/mol. The maximum absolute atomic E-state index is 9.53. The second-order valence-electron chi connectivity index (χ2n) is 3.41. The Morgan fingerprint density at radius 2 is 2.00 bits per heavy atom. The smallest absolute Gasteiger partial charge is 0.112 e. The van der Waals surface area contributed by atoms with Crippen LogP contribution in [0.1, 0.15) is 13.8 Å². The van der Waals surface area contributed by atoms with Gasteiger partial charge in [-0.15, -0.1) is 0 Å². The van der Waals surface area contributed by atoms with Gasteiger partial charge in [0.2, 0.25) is 0 Å². The zero-order valence-corrected chi connectivity index (χ0v) is 7.34. The van der Waals surface area contributed by atoms with Crippen LogP contribution in [0.15, 0.2) is 0 Å². The SMILES string of the molecule is CC1OC(C(O)CO)C(O)C1C. The van der Waals surface area contributed by atoms with Gasteiger partial charge in [0, 0.05) is 5.92 Å². The molecule has 4 heteroatoms. The maximum atomic E-state index is 9.53. The highest BCUT2D eigenvalue weighted by Gasteiger charge is 2.41. The summed E-state index contributed by atoms with van der Waals surface area (Å²) in [6.45, 7) is 3.33. The fraction of sp³-hybridized carbons (Fsp3) is 1.00. The van der Waals surface area contributed by atoms with E-state index in [9.17, 15) is 10.2 Å². The van der Waals surface area contributed by atoms with Crippen molar-refractivity contribution in [1.29, 1.82) is 0 Å². The minimum absolute atomic E-state index is 0.0104. The largest absolute Gasteiger partial charge is 0.394 e. The molecule has 5 unspecified atom stereocenters. The zero-order valence-electron chi connectivity index (χ0n) is 7.34. The standard InChI is InChI=1S/C8H16O4/c1-4-5(2)12-8(7(4)11)6(10)3-9/h4-11H,3H2,1-2H3. The molecule has 0 bridgehead atoms. The molecule has 4 nitrogen and oxygen atoms in total. The predicted molar refractivity (Wildman–Crippen MR) is 42.6 cm³/mol. The summed E-state index contributed by atoms with van der Waals surface area (Å²) in [5.41, 5.74) is 0. The van der Waals surface area contributed by atoms with Crippen LogP contribution in [-0.4, -0.2) is 46.3 Å². The summed E-state index contributed by atoms with van der Waals surface area (Å²) in [5.74, 6) is 0.0104. The molecule has 5 atom stereocenters. The van der Waals surface area contributed by atoms with Crippen molar-refractivity contribution in [1.82, 2.24) is 0 Å². The van der Waals surface area contributed by atoms with Crippen LogP contribution in [0.5, 0.6) is 0 Å². The van der Waals surface area contributed by atoms with Crippen LogP contribution in [0.3, 0.4) is 0 Å². The third-order valence-electron chi connectivity index (χ3n) is 2.55. The van der Waals surface area contributed by atoms with Crippen LogP contribution in [-0.2, 0) is 4.74 Å². The van der Waals surface area contributed by atoms with E-state index in [1.54, 1.807) is 0 Å². The summed E-state index contributed by atoms with van der Waals surface area (Å²) in [4.78, 5) is 0. The van der Waals surface area contributed by atoms with Crippen molar-refractivity contribution in [2.45, 2.75) is 38.3 Å². The van der Waals surface area contributed by atoms with Crippen molar-refractivity contribution in [3.63, 3.8) is 0 Å². The summed E-state index contributed by atoms with van der Waals surface area (Å²) in [6.07, 6.45) is -2.36. The Balaban J connectivity index is 2.58. The summed E-state index contributed by atoms with van der Waals surface area (Å²) in [6, 6.07) is 0. The highest BCUT2D eigenvalue weighted by atomic mass is 16.5. The number of rotatable bonds is 2. The van der Waals surface area contributed by atoms with E-state index >= 15 is 0 Å². The number of ether oxygens (including phenoxy) is 1. The molecule has 1 aliphatic rings. The Bertz CT molecular complexity index is 150. The van der Waals surface area contributed by atoms with E-state index in [4.69, 9.17) is 9.84 Å². The van der Waals surface area contributed by atoms with Crippen LogP contribution < -0.4 is 0 Å². The molecule has 3 N–H and O–H groups in total. The summed E-state index contributed by atoms with van der Waals surface area (Å²) < 4.78 is 5.28. The van der Waals surface area contributed by atoms with Gasteiger partial charge in [0.05, 0.1) is 18.8 Å². The van der Waals surface area contributed by atoms with Crippen LogP contribution >= 0.6 is 0 Å². The van der Waals surface area contributed by atoms with Crippen molar-refractivity contribution in [3.05, 3.63) is 0 Å². The van der Waals surface area contributed by atoms with Crippen LogP contribution in [0, 0.1) is 5.92 Å². The molecule has 0 amide bonds. The number of aliphatic hydroxyl groups excluding tert-OH is 3. The molecule has 0 spiro atoms.